The lowest BCUT2D eigenvalue weighted by Crippen LogP contribution is -2.13. The van der Waals surface area contributed by atoms with Crippen LogP contribution in [0, 0.1) is 0 Å². The first-order chi connectivity index (χ1) is 21.8. The predicted octanol–water partition coefficient (Wildman–Crippen LogP) is 14.4. The maximum absolute atomic E-state index is 12.2. The molecule has 0 aromatic rings. The summed E-state index contributed by atoms with van der Waals surface area (Å²) in [5.74, 6) is 0.520. The number of nitrogens with one attached hydrogen (secondary N) is 1. The van der Waals surface area contributed by atoms with Crippen LogP contribution in [0.2, 0.25) is 0 Å². The first-order valence-corrected chi connectivity index (χ1v) is 20.7. The van der Waals surface area contributed by atoms with Gasteiger partial charge in [0.15, 0.2) is 0 Å². The van der Waals surface area contributed by atoms with E-state index in [1.165, 1.54) is 206 Å². The van der Waals surface area contributed by atoms with Gasteiger partial charge >= 0.3 is 0 Å². The smallest absolute Gasteiger partial charge is 0.132 e. The molecule has 0 atom stereocenters. The van der Waals surface area contributed by atoms with E-state index < -0.39 is 0 Å². The lowest BCUT2D eigenvalue weighted by atomic mass is 10.0. The minimum Gasteiger partial charge on any atom is -0.317 e. The molecule has 0 amide bonds. The number of hydrogen-bond donors (Lipinski definition) is 1. The fourth-order valence-corrected chi connectivity index (χ4v) is 6.45. The van der Waals surface area contributed by atoms with Crippen molar-refractivity contribution >= 4 is 5.78 Å². The molecule has 0 aromatic heterocycles. The summed E-state index contributed by atoms with van der Waals surface area (Å²) < 4.78 is 0. The third-order valence-electron chi connectivity index (χ3n) is 9.53. The fraction of sp³-hybridized carbons (Fsp3) is 0.929. The number of carbonyl (C=O) groups excluding carboxylic acids is 1. The van der Waals surface area contributed by atoms with Crippen molar-refractivity contribution < 1.29 is 4.79 Å². The summed E-state index contributed by atoms with van der Waals surface area (Å²) in [5.41, 5.74) is 0. The average molecular weight is 618 g/mol. The number of allylic oxidation sites excluding steroid dienone is 2. The molecular formula is C42H83NO. The zero-order valence-electron chi connectivity index (χ0n) is 30.7. The highest BCUT2D eigenvalue weighted by Crippen LogP contribution is 2.16. The Hall–Kier alpha value is -0.630. The minimum absolute atomic E-state index is 0.520. The third kappa shape index (κ3) is 39.4. The summed E-state index contributed by atoms with van der Waals surface area (Å²) in [4.78, 5) is 12.2. The van der Waals surface area contributed by atoms with Gasteiger partial charge in [-0.15, -0.1) is 0 Å². The topological polar surface area (TPSA) is 29.1 Å². The highest BCUT2D eigenvalue weighted by Gasteiger charge is 2.02. The number of unbranched alkanes of at least 4 members (excludes halogenated alkanes) is 30. The van der Waals surface area contributed by atoms with Crippen molar-refractivity contribution in [2.45, 2.75) is 239 Å². The van der Waals surface area contributed by atoms with Crippen molar-refractivity contribution in [1.82, 2.24) is 5.32 Å². The van der Waals surface area contributed by atoms with Crippen LogP contribution in [0.5, 0.6) is 0 Å². The number of ketones is 1. The number of carbonyl (C=O) groups is 1. The summed E-state index contributed by atoms with van der Waals surface area (Å²) in [6.07, 6.45) is 51.8. The Morgan fingerprint density at radius 2 is 0.682 bits per heavy atom. The highest BCUT2D eigenvalue weighted by atomic mass is 16.1. The van der Waals surface area contributed by atoms with Gasteiger partial charge in [0.1, 0.15) is 5.78 Å². The second-order valence-corrected chi connectivity index (χ2v) is 14.0. The zero-order valence-corrected chi connectivity index (χ0v) is 30.7. The van der Waals surface area contributed by atoms with E-state index >= 15 is 0 Å². The Balaban J connectivity index is 3.19. The summed E-state index contributed by atoms with van der Waals surface area (Å²) >= 11 is 0. The van der Waals surface area contributed by atoms with Gasteiger partial charge in [0, 0.05) is 12.8 Å². The van der Waals surface area contributed by atoms with Crippen LogP contribution < -0.4 is 5.32 Å². The molecule has 0 bridgehead atoms. The first-order valence-electron chi connectivity index (χ1n) is 20.7. The largest absolute Gasteiger partial charge is 0.317 e. The van der Waals surface area contributed by atoms with Gasteiger partial charge in [0.05, 0.1) is 0 Å². The SMILES string of the molecule is CCCCCCCCCCCCCCCCCC(=O)CCCCCCCC/C=C\CCCCCCCCCCCCNCC. The van der Waals surface area contributed by atoms with Gasteiger partial charge in [-0.1, -0.05) is 193 Å². The predicted molar refractivity (Wildman–Crippen MR) is 200 cm³/mol. The van der Waals surface area contributed by atoms with E-state index in [0.717, 1.165) is 32.2 Å². The van der Waals surface area contributed by atoms with Crippen molar-refractivity contribution in [2.75, 3.05) is 13.1 Å². The molecule has 2 nitrogen and oxygen atoms in total. The van der Waals surface area contributed by atoms with Gasteiger partial charge < -0.3 is 5.32 Å². The molecule has 0 saturated heterocycles. The molecule has 0 rings (SSSR count). The molecule has 44 heavy (non-hydrogen) atoms. The van der Waals surface area contributed by atoms with Crippen LogP contribution >= 0.6 is 0 Å². The summed E-state index contributed by atoms with van der Waals surface area (Å²) in [7, 11) is 0. The van der Waals surface area contributed by atoms with Crippen LogP contribution in [0.15, 0.2) is 12.2 Å². The lowest BCUT2D eigenvalue weighted by Gasteiger charge is -2.04. The van der Waals surface area contributed by atoms with Gasteiger partial charge in [0.25, 0.3) is 0 Å². The van der Waals surface area contributed by atoms with E-state index in [1.54, 1.807) is 0 Å². The third-order valence-corrected chi connectivity index (χ3v) is 9.53. The first kappa shape index (κ1) is 43.4. The van der Waals surface area contributed by atoms with E-state index in [2.05, 4.69) is 31.3 Å². The Morgan fingerprint density at radius 1 is 0.386 bits per heavy atom. The molecule has 0 spiro atoms. The van der Waals surface area contributed by atoms with Crippen molar-refractivity contribution in [2.24, 2.45) is 0 Å². The monoisotopic (exact) mass is 618 g/mol. The van der Waals surface area contributed by atoms with Gasteiger partial charge in [-0.25, -0.2) is 0 Å². The molecular weight excluding hydrogens is 534 g/mol. The van der Waals surface area contributed by atoms with Crippen LogP contribution in [0.1, 0.15) is 239 Å². The molecule has 0 radical (unpaired) electrons. The van der Waals surface area contributed by atoms with E-state index in [-0.39, 0.29) is 0 Å². The zero-order chi connectivity index (χ0) is 31.9. The van der Waals surface area contributed by atoms with E-state index in [1.807, 2.05) is 0 Å². The Morgan fingerprint density at radius 3 is 1.02 bits per heavy atom. The van der Waals surface area contributed by atoms with Crippen molar-refractivity contribution in [3.63, 3.8) is 0 Å². The molecule has 1 N–H and O–H groups in total. The second-order valence-electron chi connectivity index (χ2n) is 14.0. The highest BCUT2D eigenvalue weighted by molar-refractivity contribution is 5.78. The molecule has 262 valence electrons. The number of Topliss-reactive ketones (excluding diaryl/α,β-unsaturated/α-hetero) is 1. The molecule has 0 saturated carbocycles. The average Bonchev–Trinajstić information content (AvgIpc) is 3.03. The summed E-state index contributed by atoms with van der Waals surface area (Å²) in [6, 6.07) is 0. The van der Waals surface area contributed by atoms with Gasteiger partial charge in [-0.05, 0) is 58.0 Å². The molecule has 0 aromatic carbocycles. The molecule has 0 aliphatic carbocycles. The van der Waals surface area contributed by atoms with E-state index in [4.69, 9.17) is 0 Å². The number of hydrogen-bond acceptors (Lipinski definition) is 2. The molecule has 0 aliphatic heterocycles. The van der Waals surface area contributed by atoms with E-state index in [0.29, 0.717) is 5.78 Å². The van der Waals surface area contributed by atoms with Crippen LogP contribution in [0.4, 0.5) is 0 Å². The van der Waals surface area contributed by atoms with Crippen LogP contribution in [-0.2, 0) is 4.79 Å². The number of rotatable bonds is 39. The standard InChI is InChI=1S/C42H83NO/c1-3-5-6-7-8-9-10-11-18-21-24-27-30-33-36-39-42(44)40-37-34-31-28-25-22-19-16-14-12-13-15-17-20-23-26-29-32-35-38-41-43-4-2/h14,16,43H,3-13,15,17-41H2,1-2H3/b16-14-. The van der Waals surface area contributed by atoms with Crippen LogP contribution in [0.3, 0.4) is 0 Å². The molecule has 0 aliphatic rings. The molecule has 0 heterocycles. The Labute approximate surface area is 279 Å². The molecule has 2 heteroatoms. The van der Waals surface area contributed by atoms with Gasteiger partial charge in [-0.2, -0.15) is 0 Å². The summed E-state index contributed by atoms with van der Waals surface area (Å²) in [6.45, 7) is 6.80. The van der Waals surface area contributed by atoms with Gasteiger partial charge in [0.2, 0.25) is 0 Å². The molecule has 0 unspecified atom stereocenters. The normalized spacial score (nSPS) is 11.7. The van der Waals surface area contributed by atoms with Crippen molar-refractivity contribution in [3.05, 3.63) is 12.2 Å². The van der Waals surface area contributed by atoms with Crippen molar-refractivity contribution in [3.8, 4) is 0 Å². The lowest BCUT2D eigenvalue weighted by molar-refractivity contribution is -0.119. The van der Waals surface area contributed by atoms with Gasteiger partial charge in [-0.3, -0.25) is 4.79 Å². The maximum atomic E-state index is 12.2. The fourth-order valence-electron chi connectivity index (χ4n) is 6.45. The Bertz CT molecular complexity index is 556. The summed E-state index contributed by atoms with van der Waals surface area (Å²) in [5, 5.41) is 3.41. The molecule has 0 fully saturated rings. The van der Waals surface area contributed by atoms with Crippen LogP contribution in [0.25, 0.3) is 0 Å². The van der Waals surface area contributed by atoms with E-state index in [9.17, 15) is 4.79 Å². The quantitative estimate of drug-likeness (QED) is 0.0549. The second kappa shape index (κ2) is 40.4. The minimum atomic E-state index is 0.520. The Kier molecular flexibility index (Phi) is 39.8. The van der Waals surface area contributed by atoms with Crippen molar-refractivity contribution in [1.29, 1.82) is 0 Å². The maximum Gasteiger partial charge on any atom is 0.132 e. The van der Waals surface area contributed by atoms with Crippen LogP contribution in [-0.4, -0.2) is 18.9 Å².